The highest BCUT2D eigenvalue weighted by atomic mass is 16.5. The molecule has 7 nitrogen and oxygen atoms in total. The number of benzene rings is 1. The van der Waals surface area contributed by atoms with Crippen LogP contribution in [0.15, 0.2) is 29.3 Å². The van der Waals surface area contributed by atoms with Crippen molar-refractivity contribution in [3.63, 3.8) is 0 Å². The molecule has 1 N–H and O–H groups in total. The number of nitrogens with one attached hydrogen (secondary N) is 1. The van der Waals surface area contributed by atoms with Crippen molar-refractivity contribution in [2.45, 2.75) is 25.8 Å². The molecule has 2 fully saturated rings. The molecule has 29 heavy (non-hydrogen) atoms. The first-order valence-corrected chi connectivity index (χ1v) is 10.9. The van der Waals surface area contributed by atoms with E-state index >= 15 is 0 Å². The average molecular weight is 404 g/mol. The number of rotatable bonds is 10. The van der Waals surface area contributed by atoms with Gasteiger partial charge in [0.2, 0.25) is 0 Å². The van der Waals surface area contributed by atoms with Crippen LogP contribution in [-0.2, 0) is 4.74 Å². The van der Waals surface area contributed by atoms with E-state index in [-0.39, 0.29) is 0 Å². The predicted octanol–water partition coefficient (Wildman–Crippen LogP) is 1.89. The van der Waals surface area contributed by atoms with E-state index in [1.165, 1.54) is 18.5 Å². The summed E-state index contributed by atoms with van der Waals surface area (Å²) in [4.78, 5) is 12.3. The zero-order valence-electron chi connectivity index (χ0n) is 18.3. The van der Waals surface area contributed by atoms with Crippen molar-refractivity contribution >= 4 is 11.6 Å². The van der Waals surface area contributed by atoms with Gasteiger partial charge in [-0.1, -0.05) is 6.07 Å². The summed E-state index contributed by atoms with van der Waals surface area (Å²) in [5, 5.41) is 3.48. The molecule has 1 heterocycles. The zero-order valence-corrected chi connectivity index (χ0v) is 18.3. The molecule has 1 saturated heterocycles. The topological polar surface area (TPSA) is 52.6 Å². The molecule has 162 valence electrons. The van der Waals surface area contributed by atoms with Crippen molar-refractivity contribution in [3.05, 3.63) is 24.3 Å². The molecule has 7 heteroatoms. The van der Waals surface area contributed by atoms with Gasteiger partial charge in [0.15, 0.2) is 5.96 Å². The summed E-state index contributed by atoms with van der Waals surface area (Å²) in [6.07, 6.45) is 2.64. The molecular formula is C22H37N5O2. The fourth-order valence-electron chi connectivity index (χ4n) is 3.82. The van der Waals surface area contributed by atoms with Gasteiger partial charge in [0.25, 0.3) is 0 Å². The fraction of sp³-hybridized carbons (Fsp3) is 0.682. The fourth-order valence-corrected chi connectivity index (χ4v) is 3.82. The SMILES string of the molecule is CCNC(=NCCN(CCOC)C1CC1)N1CCN(c2cccc(OC)c2)CC1. The standard InChI is InChI=1S/C22H37N5O2/c1-4-23-22(24-10-11-25(16-17-28-2)19-8-9-19)27-14-12-26(13-15-27)20-6-5-7-21(18-20)29-3/h5-7,18-19H,4,8-17H2,1-3H3,(H,23,24). The Hall–Kier alpha value is -1.99. The number of piperazine rings is 1. The summed E-state index contributed by atoms with van der Waals surface area (Å²) >= 11 is 0. The number of aliphatic imine (C=N–C) groups is 1. The summed E-state index contributed by atoms with van der Waals surface area (Å²) in [5.74, 6) is 1.95. The lowest BCUT2D eigenvalue weighted by atomic mass is 10.2. The molecule has 2 aliphatic rings. The Morgan fingerprint density at radius 3 is 2.62 bits per heavy atom. The van der Waals surface area contributed by atoms with Gasteiger partial charge in [-0.3, -0.25) is 9.89 Å². The smallest absolute Gasteiger partial charge is 0.194 e. The van der Waals surface area contributed by atoms with Gasteiger partial charge in [-0.2, -0.15) is 0 Å². The van der Waals surface area contributed by atoms with Gasteiger partial charge in [0, 0.05) is 70.7 Å². The summed E-state index contributed by atoms with van der Waals surface area (Å²) in [6.45, 7) is 10.6. The molecule has 0 aromatic heterocycles. The third-order valence-corrected chi connectivity index (χ3v) is 5.63. The van der Waals surface area contributed by atoms with Crippen molar-refractivity contribution < 1.29 is 9.47 Å². The Kier molecular flexibility index (Phi) is 8.43. The second-order valence-corrected chi connectivity index (χ2v) is 7.67. The number of methoxy groups -OCH3 is 2. The van der Waals surface area contributed by atoms with Gasteiger partial charge in [0.1, 0.15) is 5.75 Å². The quantitative estimate of drug-likeness (QED) is 0.476. The summed E-state index contributed by atoms with van der Waals surface area (Å²) < 4.78 is 10.6. The Balaban J connectivity index is 1.52. The third kappa shape index (κ3) is 6.51. The lowest BCUT2D eigenvalue weighted by Gasteiger charge is -2.37. The minimum atomic E-state index is 0.745. The first-order chi connectivity index (χ1) is 14.2. The van der Waals surface area contributed by atoms with Gasteiger partial charge in [-0.15, -0.1) is 0 Å². The predicted molar refractivity (Wildman–Crippen MR) is 119 cm³/mol. The van der Waals surface area contributed by atoms with Crippen molar-refractivity contribution in [2.24, 2.45) is 4.99 Å². The molecule has 0 bridgehead atoms. The van der Waals surface area contributed by atoms with Crippen LogP contribution in [0.2, 0.25) is 0 Å². The highest BCUT2D eigenvalue weighted by Crippen LogP contribution is 2.26. The van der Waals surface area contributed by atoms with Crippen LogP contribution in [0, 0.1) is 0 Å². The molecule has 0 amide bonds. The molecule has 3 rings (SSSR count). The first kappa shape index (κ1) is 21.7. The molecule has 1 saturated carbocycles. The van der Waals surface area contributed by atoms with Crippen LogP contribution in [0.5, 0.6) is 5.75 Å². The van der Waals surface area contributed by atoms with Crippen molar-refractivity contribution in [2.75, 3.05) is 78.1 Å². The highest BCUT2D eigenvalue weighted by Gasteiger charge is 2.28. The van der Waals surface area contributed by atoms with Crippen molar-refractivity contribution in [3.8, 4) is 5.75 Å². The van der Waals surface area contributed by atoms with E-state index in [0.717, 1.165) is 76.7 Å². The Morgan fingerprint density at radius 1 is 1.17 bits per heavy atom. The molecule has 1 aliphatic heterocycles. The Bertz CT molecular complexity index is 642. The normalized spacial score (nSPS) is 17.7. The van der Waals surface area contributed by atoms with E-state index in [0.29, 0.717) is 0 Å². The molecule has 0 atom stereocenters. The largest absolute Gasteiger partial charge is 0.497 e. The van der Waals surface area contributed by atoms with Crippen molar-refractivity contribution in [1.29, 1.82) is 0 Å². The van der Waals surface area contributed by atoms with Crippen LogP contribution >= 0.6 is 0 Å². The molecule has 0 radical (unpaired) electrons. The molecule has 1 aromatic rings. The number of nitrogens with zero attached hydrogens (tertiary/aromatic N) is 4. The maximum atomic E-state index is 5.37. The van der Waals surface area contributed by atoms with Crippen LogP contribution in [-0.4, -0.2) is 95.0 Å². The van der Waals surface area contributed by atoms with Gasteiger partial charge in [-0.25, -0.2) is 0 Å². The van der Waals surface area contributed by atoms with Crippen LogP contribution < -0.4 is 15.0 Å². The molecule has 0 unspecified atom stereocenters. The van der Waals surface area contributed by atoms with Gasteiger partial charge in [0.05, 0.1) is 20.3 Å². The third-order valence-electron chi connectivity index (χ3n) is 5.63. The van der Waals surface area contributed by atoms with E-state index in [2.05, 4.69) is 45.1 Å². The van der Waals surface area contributed by atoms with E-state index in [1.54, 1.807) is 14.2 Å². The van der Waals surface area contributed by atoms with Crippen LogP contribution in [0.4, 0.5) is 5.69 Å². The number of hydrogen-bond donors (Lipinski definition) is 1. The Labute approximate surface area is 175 Å². The van der Waals surface area contributed by atoms with Crippen molar-refractivity contribution in [1.82, 2.24) is 15.1 Å². The molecular weight excluding hydrogens is 366 g/mol. The number of guanidine groups is 1. The monoisotopic (exact) mass is 403 g/mol. The van der Waals surface area contributed by atoms with E-state index in [4.69, 9.17) is 14.5 Å². The zero-order chi connectivity index (χ0) is 20.5. The molecule has 1 aromatic carbocycles. The first-order valence-electron chi connectivity index (χ1n) is 10.9. The van der Waals surface area contributed by atoms with Crippen LogP contribution in [0.25, 0.3) is 0 Å². The van der Waals surface area contributed by atoms with Crippen LogP contribution in [0.3, 0.4) is 0 Å². The lowest BCUT2D eigenvalue weighted by Crippen LogP contribution is -2.52. The lowest BCUT2D eigenvalue weighted by molar-refractivity contribution is 0.145. The maximum Gasteiger partial charge on any atom is 0.194 e. The maximum absolute atomic E-state index is 5.37. The average Bonchev–Trinajstić information content (AvgIpc) is 3.61. The highest BCUT2D eigenvalue weighted by molar-refractivity contribution is 5.80. The van der Waals surface area contributed by atoms with Crippen LogP contribution in [0.1, 0.15) is 19.8 Å². The van der Waals surface area contributed by atoms with E-state index in [1.807, 2.05) is 6.07 Å². The van der Waals surface area contributed by atoms with Gasteiger partial charge >= 0.3 is 0 Å². The van der Waals surface area contributed by atoms with E-state index in [9.17, 15) is 0 Å². The number of anilines is 1. The minimum Gasteiger partial charge on any atom is -0.497 e. The summed E-state index contributed by atoms with van der Waals surface area (Å²) in [6, 6.07) is 9.06. The summed E-state index contributed by atoms with van der Waals surface area (Å²) in [7, 11) is 3.49. The van der Waals surface area contributed by atoms with Gasteiger partial charge in [-0.05, 0) is 31.9 Å². The molecule has 1 aliphatic carbocycles. The number of hydrogen-bond acceptors (Lipinski definition) is 5. The second-order valence-electron chi connectivity index (χ2n) is 7.67. The van der Waals surface area contributed by atoms with E-state index < -0.39 is 0 Å². The molecule has 0 spiro atoms. The van der Waals surface area contributed by atoms with Gasteiger partial charge < -0.3 is 24.6 Å². The second kappa shape index (κ2) is 11.3. The summed E-state index contributed by atoms with van der Waals surface area (Å²) in [5.41, 5.74) is 1.23. The Morgan fingerprint density at radius 2 is 1.97 bits per heavy atom. The minimum absolute atomic E-state index is 0.745. The number of ether oxygens (including phenoxy) is 2.